The summed E-state index contributed by atoms with van der Waals surface area (Å²) in [6.45, 7) is 6.09. The maximum Gasteiger partial charge on any atom is 0.309 e. The number of rotatable bonds is 6. The second-order valence-electron chi connectivity index (χ2n) is 7.89. The van der Waals surface area contributed by atoms with E-state index in [-0.39, 0.29) is 36.6 Å². The van der Waals surface area contributed by atoms with Gasteiger partial charge in [-0.2, -0.15) is 4.68 Å². The molecule has 0 fully saturated rings. The molecule has 0 aliphatic rings. The molecule has 1 aromatic heterocycles. The van der Waals surface area contributed by atoms with Crippen LogP contribution in [-0.4, -0.2) is 33.4 Å². The summed E-state index contributed by atoms with van der Waals surface area (Å²) in [5, 5.41) is 10.8. The minimum absolute atomic E-state index is 0.0101. The van der Waals surface area contributed by atoms with Crippen molar-refractivity contribution in [3.05, 3.63) is 70.0 Å². The third-order valence-corrected chi connectivity index (χ3v) is 4.60. The molecular formula is C22H24N4O4. The molecule has 156 valence electrons. The van der Waals surface area contributed by atoms with Crippen LogP contribution in [0.1, 0.15) is 43.1 Å². The average molecular weight is 408 g/mol. The molecule has 0 saturated carbocycles. The molecule has 1 N–H and O–H groups in total. The number of ether oxygens (including phenoxy) is 1. The molecule has 1 heterocycles. The number of esters is 1. The molecule has 0 atom stereocenters. The largest absolute Gasteiger partial charge is 0.442 e. The molecule has 0 aliphatic heterocycles. The van der Waals surface area contributed by atoms with Crippen molar-refractivity contribution >= 4 is 22.8 Å². The van der Waals surface area contributed by atoms with Crippen LogP contribution in [0, 0.1) is 0 Å². The summed E-state index contributed by atoms with van der Waals surface area (Å²) < 4.78 is 6.05. The van der Waals surface area contributed by atoms with E-state index in [1.54, 1.807) is 36.4 Å². The van der Waals surface area contributed by atoms with Gasteiger partial charge in [0.25, 0.3) is 11.5 Å². The summed E-state index contributed by atoms with van der Waals surface area (Å²) in [6.07, 6.45) is -0.0262. The van der Waals surface area contributed by atoms with Crippen LogP contribution in [0.4, 0.5) is 0 Å². The standard InChI is InChI=1S/C22H24N4O4/c1-22(2,3)16-10-8-15(9-11-16)20(28)23-13-12-19(27)30-14-26-21(29)17-6-4-5-7-18(17)24-25-26/h4-11H,12-14H2,1-3H3,(H,23,28). The Morgan fingerprint density at radius 1 is 1.07 bits per heavy atom. The Morgan fingerprint density at radius 2 is 1.77 bits per heavy atom. The third-order valence-electron chi connectivity index (χ3n) is 4.60. The monoisotopic (exact) mass is 408 g/mol. The molecule has 0 unspecified atom stereocenters. The van der Waals surface area contributed by atoms with Crippen molar-refractivity contribution in [2.75, 3.05) is 6.54 Å². The fourth-order valence-electron chi connectivity index (χ4n) is 2.82. The van der Waals surface area contributed by atoms with Gasteiger partial charge in [-0.1, -0.05) is 50.3 Å². The zero-order chi connectivity index (χ0) is 21.7. The number of hydrogen-bond acceptors (Lipinski definition) is 6. The number of fused-ring (bicyclic) bond motifs is 1. The summed E-state index contributed by atoms with van der Waals surface area (Å²) in [6, 6.07) is 14.2. The minimum Gasteiger partial charge on any atom is -0.442 e. The Morgan fingerprint density at radius 3 is 2.47 bits per heavy atom. The Hall–Kier alpha value is -3.55. The van der Waals surface area contributed by atoms with Crippen LogP contribution in [0.3, 0.4) is 0 Å². The smallest absolute Gasteiger partial charge is 0.309 e. The van der Waals surface area contributed by atoms with Gasteiger partial charge in [-0.25, -0.2) is 0 Å². The predicted octanol–water partition coefficient (Wildman–Crippen LogP) is 2.41. The van der Waals surface area contributed by atoms with Gasteiger partial charge in [0, 0.05) is 12.1 Å². The molecule has 3 rings (SSSR count). The quantitative estimate of drug-likeness (QED) is 0.628. The SMILES string of the molecule is CC(C)(C)c1ccc(C(=O)NCCC(=O)OCn2nnc3ccccc3c2=O)cc1. The summed E-state index contributed by atoms with van der Waals surface area (Å²) in [7, 11) is 0. The van der Waals surface area contributed by atoms with Gasteiger partial charge >= 0.3 is 5.97 Å². The van der Waals surface area contributed by atoms with Gasteiger partial charge in [0.2, 0.25) is 0 Å². The maximum atomic E-state index is 12.3. The Kier molecular flexibility index (Phi) is 6.25. The van der Waals surface area contributed by atoms with Gasteiger partial charge < -0.3 is 10.1 Å². The molecule has 30 heavy (non-hydrogen) atoms. The molecule has 0 spiro atoms. The van der Waals surface area contributed by atoms with Crippen LogP contribution in [0.5, 0.6) is 0 Å². The van der Waals surface area contributed by atoms with Crippen molar-refractivity contribution in [1.29, 1.82) is 0 Å². The maximum absolute atomic E-state index is 12.3. The normalized spacial score (nSPS) is 11.3. The summed E-state index contributed by atoms with van der Waals surface area (Å²) >= 11 is 0. The summed E-state index contributed by atoms with van der Waals surface area (Å²) in [5.41, 5.74) is 1.75. The molecule has 8 nitrogen and oxygen atoms in total. The molecule has 8 heteroatoms. The van der Waals surface area contributed by atoms with Crippen LogP contribution in [0.15, 0.2) is 53.3 Å². The van der Waals surface area contributed by atoms with Gasteiger partial charge in [-0.05, 0) is 35.2 Å². The summed E-state index contributed by atoms with van der Waals surface area (Å²) in [5.74, 6) is -0.819. The fourth-order valence-corrected chi connectivity index (χ4v) is 2.82. The Bertz CT molecular complexity index is 1110. The highest BCUT2D eigenvalue weighted by molar-refractivity contribution is 5.94. The van der Waals surface area contributed by atoms with Crippen molar-refractivity contribution in [1.82, 2.24) is 20.3 Å². The van der Waals surface area contributed by atoms with Crippen LogP contribution in [0.2, 0.25) is 0 Å². The van der Waals surface area contributed by atoms with E-state index in [0.29, 0.717) is 16.5 Å². The highest BCUT2D eigenvalue weighted by atomic mass is 16.5. The molecule has 0 saturated heterocycles. The topological polar surface area (TPSA) is 103 Å². The van der Waals surface area contributed by atoms with E-state index in [0.717, 1.165) is 10.2 Å². The Labute approximate surface area is 173 Å². The predicted molar refractivity (Wildman–Crippen MR) is 112 cm³/mol. The van der Waals surface area contributed by atoms with Gasteiger partial charge in [0.05, 0.1) is 11.8 Å². The zero-order valence-electron chi connectivity index (χ0n) is 17.2. The van der Waals surface area contributed by atoms with Crippen LogP contribution < -0.4 is 10.9 Å². The van der Waals surface area contributed by atoms with E-state index in [1.807, 2.05) is 12.1 Å². The molecule has 0 bridgehead atoms. The molecule has 3 aromatic rings. The average Bonchev–Trinajstić information content (AvgIpc) is 2.73. The Balaban J connectivity index is 1.48. The lowest BCUT2D eigenvalue weighted by Gasteiger charge is -2.19. The lowest BCUT2D eigenvalue weighted by atomic mass is 9.87. The third kappa shape index (κ3) is 5.08. The van der Waals surface area contributed by atoms with E-state index >= 15 is 0 Å². The molecular weight excluding hydrogens is 384 g/mol. The molecule has 2 aromatic carbocycles. The van der Waals surface area contributed by atoms with E-state index in [4.69, 9.17) is 4.74 Å². The second kappa shape index (κ2) is 8.86. The van der Waals surface area contributed by atoms with Gasteiger partial charge in [-0.15, -0.1) is 5.10 Å². The number of aromatic nitrogens is 3. The van der Waals surface area contributed by atoms with Crippen LogP contribution >= 0.6 is 0 Å². The molecule has 0 aliphatic carbocycles. The lowest BCUT2D eigenvalue weighted by Crippen LogP contribution is -2.29. The first-order valence-corrected chi connectivity index (χ1v) is 9.62. The van der Waals surface area contributed by atoms with Crippen LogP contribution in [-0.2, 0) is 21.7 Å². The number of carbonyl (C=O) groups excluding carboxylic acids is 2. The van der Waals surface area contributed by atoms with Crippen LogP contribution in [0.25, 0.3) is 10.9 Å². The van der Waals surface area contributed by atoms with Crippen molar-refractivity contribution in [2.24, 2.45) is 0 Å². The number of hydrogen-bond donors (Lipinski definition) is 1. The highest BCUT2D eigenvalue weighted by Gasteiger charge is 2.14. The van der Waals surface area contributed by atoms with Crippen molar-refractivity contribution in [3.63, 3.8) is 0 Å². The molecule has 1 amide bonds. The second-order valence-corrected chi connectivity index (χ2v) is 7.89. The van der Waals surface area contributed by atoms with E-state index < -0.39 is 5.97 Å². The van der Waals surface area contributed by atoms with Crippen molar-refractivity contribution in [3.8, 4) is 0 Å². The number of nitrogens with one attached hydrogen (secondary N) is 1. The highest BCUT2D eigenvalue weighted by Crippen LogP contribution is 2.22. The number of nitrogens with zero attached hydrogens (tertiary/aromatic N) is 3. The van der Waals surface area contributed by atoms with Gasteiger partial charge in [0.1, 0.15) is 5.52 Å². The van der Waals surface area contributed by atoms with E-state index in [1.165, 1.54) is 0 Å². The van der Waals surface area contributed by atoms with Gasteiger partial charge in [-0.3, -0.25) is 14.4 Å². The van der Waals surface area contributed by atoms with E-state index in [9.17, 15) is 14.4 Å². The van der Waals surface area contributed by atoms with Gasteiger partial charge in [0.15, 0.2) is 6.73 Å². The minimum atomic E-state index is -0.555. The van der Waals surface area contributed by atoms with E-state index in [2.05, 4.69) is 36.4 Å². The first-order valence-electron chi connectivity index (χ1n) is 9.62. The van der Waals surface area contributed by atoms with Crippen molar-refractivity contribution in [2.45, 2.75) is 39.3 Å². The van der Waals surface area contributed by atoms with Crippen molar-refractivity contribution < 1.29 is 14.3 Å². The first-order chi connectivity index (χ1) is 14.3. The molecule has 0 radical (unpaired) electrons. The number of amides is 1. The number of carbonyl (C=O) groups is 2. The summed E-state index contributed by atoms with van der Waals surface area (Å²) in [4.78, 5) is 36.4. The first kappa shape index (κ1) is 21.2. The number of benzene rings is 2. The zero-order valence-corrected chi connectivity index (χ0v) is 17.2. The lowest BCUT2D eigenvalue weighted by molar-refractivity contribution is -0.147. The fraction of sp³-hybridized carbons (Fsp3) is 0.318.